The van der Waals surface area contributed by atoms with E-state index in [2.05, 4.69) is 156 Å². The molecule has 57 heavy (non-hydrogen) atoms. The summed E-state index contributed by atoms with van der Waals surface area (Å²) < 4.78 is 11.2. The third-order valence-corrected chi connectivity index (χ3v) is 12.4. The van der Waals surface area contributed by atoms with Gasteiger partial charge in [-0.2, -0.15) is 0 Å². The molecule has 0 aliphatic heterocycles. The second-order valence-electron chi connectivity index (χ2n) is 14.5. The zero-order valence-electron chi connectivity index (χ0n) is 30.6. The normalized spacial score (nSPS) is 11.9. The van der Waals surface area contributed by atoms with Gasteiger partial charge >= 0.3 is 0 Å². The fraction of sp³-hybridized carbons (Fsp3) is 0. The number of rotatable bonds is 5. The zero-order valence-corrected chi connectivity index (χ0v) is 31.4. The Morgan fingerprint density at radius 1 is 0.421 bits per heavy atom. The van der Waals surface area contributed by atoms with E-state index in [9.17, 15) is 0 Å². The lowest BCUT2D eigenvalue weighted by atomic mass is 9.99. The average molecular weight is 746 g/mol. The molecule has 0 amide bonds. The zero-order chi connectivity index (χ0) is 37.5. The van der Waals surface area contributed by atoms with E-state index in [4.69, 9.17) is 14.4 Å². The molecule has 4 aromatic heterocycles. The predicted molar refractivity (Wildman–Crippen MR) is 238 cm³/mol. The summed E-state index contributed by atoms with van der Waals surface area (Å²) in [5.41, 5.74) is 12.4. The van der Waals surface area contributed by atoms with Crippen LogP contribution in [0.1, 0.15) is 0 Å². The second-order valence-corrected chi connectivity index (χ2v) is 15.6. The highest BCUT2D eigenvalue weighted by atomic mass is 32.1. The van der Waals surface area contributed by atoms with Gasteiger partial charge < -0.3 is 8.98 Å². The minimum atomic E-state index is 0.703. The summed E-state index contributed by atoms with van der Waals surface area (Å²) in [4.78, 5) is 10.4. The molecule has 4 nitrogen and oxygen atoms in total. The molecule has 12 aromatic rings. The number of fused-ring (bicyclic) bond motifs is 9. The molecular weight excluding hydrogens is 715 g/mol. The van der Waals surface area contributed by atoms with Gasteiger partial charge in [-0.05, 0) is 60.2 Å². The van der Waals surface area contributed by atoms with Crippen LogP contribution < -0.4 is 0 Å². The third kappa shape index (κ3) is 5.06. The number of thiophene rings is 1. The molecule has 0 aliphatic carbocycles. The van der Waals surface area contributed by atoms with Gasteiger partial charge in [-0.3, -0.25) is 0 Å². The number of para-hydroxylation sites is 2. The van der Waals surface area contributed by atoms with Gasteiger partial charge in [-0.25, -0.2) is 9.97 Å². The number of hydrogen-bond donors (Lipinski definition) is 0. The summed E-state index contributed by atoms with van der Waals surface area (Å²) in [7, 11) is 0. The topological polar surface area (TPSA) is 43.9 Å². The Kier molecular flexibility index (Phi) is 7.06. The minimum absolute atomic E-state index is 0.703. The van der Waals surface area contributed by atoms with Crippen LogP contribution in [0, 0.1) is 0 Å². The van der Waals surface area contributed by atoms with Crippen molar-refractivity contribution in [3.05, 3.63) is 188 Å². The lowest BCUT2D eigenvalue weighted by molar-refractivity contribution is 0.669. The molecule has 0 unspecified atom stereocenters. The summed E-state index contributed by atoms with van der Waals surface area (Å²) in [5.74, 6) is 0.703. The van der Waals surface area contributed by atoms with E-state index in [0.29, 0.717) is 5.82 Å². The van der Waals surface area contributed by atoms with Crippen molar-refractivity contribution in [3.8, 4) is 50.7 Å². The Hall–Kier alpha value is -7.34. The van der Waals surface area contributed by atoms with E-state index in [1.54, 1.807) is 0 Å². The van der Waals surface area contributed by atoms with E-state index < -0.39 is 0 Å². The molecule has 0 spiro atoms. The molecule has 0 fully saturated rings. The Balaban J connectivity index is 1.14. The van der Waals surface area contributed by atoms with E-state index in [1.807, 2.05) is 47.7 Å². The summed E-state index contributed by atoms with van der Waals surface area (Å²) in [6.45, 7) is 0. The van der Waals surface area contributed by atoms with Crippen molar-refractivity contribution in [2.75, 3.05) is 0 Å². The summed E-state index contributed by atoms with van der Waals surface area (Å²) in [5, 5.41) is 7.10. The van der Waals surface area contributed by atoms with Crippen LogP contribution in [0.15, 0.2) is 192 Å². The van der Waals surface area contributed by atoms with Gasteiger partial charge in [0.2, 0.25) is 0 Å². The molecular formula is C52H31N3OS. The lowest BCUT2D eigenvalue weighted by Crippen LogP contribution is -1.97. The molecule has 0 atom stereocenters. The minimum Gasteiger partial charge on any atom is -0.456 e. The summed E-state index contributed by atoms with van der Waals surface area (Å²) in [6, 6.07) is 66.6. The van der Waals surface area contributed by atoms with Gasteiger partial charge in [0.1, 0.15) is 11.2 Å². The van der Waals surface area contributed by atoms with Crippen LogP contribution in [0.5, 0.6) is 0 Å². The maximum atomic E-state index is 6.26. The highest BCUT2D eigenvalue weighted by Crippen LogP contribution is 2.45. The average Bonchev–Trinajstić information content (AvgIpc) is 3.96. The molecule has 0 saturated heterocycles. The molecule has 0 bridgehead atoms. The first-order valence-corrected chi connectivity index (χ1v) is 20.0. The SMILES string of the molecule is c1ccc(-c2cc(-c3cccc4c3c3ccccc3n4-c3cc(-c4ccc5oc6ccccc6c5c4)c4sc5ccccc5c4c3)nc(-c3ccccc3)n2)cc1. The summed E-state index contributed by atoms with van der Waals surface area (Å²) >= 11 is 1.86. The molecule has 266 valence electrons. The van der Waals surface area contributed by atoms with Crippen LogP contribution in [-0.4, -0.2) is 14.5 Å². The Bertz CT molecular complexity index is 3470. The molecule has 8 aromatic carbocycles. The van der Waals surface area contributed by atoms with Crippen molar-refractivity contribution < 1.29 is 4.42 Å². The van der Waals surface area contributed by atoms with E-state index in [0.717, 1.165) is 77.7 Å². The fourth-order valence-corrected chi connectivity index (χ4v) is 9.84. The van der Waals surface area contributed by atoms with Crippen LogP contribution in [-0.2, 0) is 0 Å². The monoisotopic (exact) mass is 745 g/mol. The van der Waals surface area contributed by atoms with Gasteiger partial charge in [0.15, 0.2) is 5.82 Å². The van der Waals surface area contributed by atoms with Crippen LogP contribution in [0.25, 0.3) is 115 Å². The van der Waals surface area contributed by atoms with Crippen molar-refractivity contribution in [2.45, 2.75) is 0 Å². The maximum Gasteiger partial charge on any atom is 0.160 e. The Labute approximate surface area is 331 Å². The first-order chi connectivity index (χ1) is 28.2. The van der Waals surface area contributed by atoms with Crippen LogP contribution in [0.3, 0.4) is 0 Å². The first-order valence-electron chi connectivity index (χ1n) is 19.1. The standard InChI is InChI=1S/C52H31N3OS/c1-3-14-32(15-4-1)43-31-44(54-52(53-43)33-16-5-2-6-17-33)38-21-13-23-46-50(38)39-20-7-10-22-45(39)55(46)35-29-40(51-42(30-35)37-19-9-12-25-49(37)57-51)34-26-27-48-41(28-34)36-18-8-11-24-47(36)56-48/h1-31H. The highest BCUT2D eigenvalue weighted by Gasteiger charge is 2.21. The quantitative estimate of drug-likeness (QED) is 0.176. The van der Waals surface area contributed by atoms with Gasteiger partial charge in [0.05, 0.1) is 22.4 Å². The lowest BCUT2D eigenvalue weighted by Gasteiger charge is -2.13. The molecule has 4 heterocycles. The number of nitrogens with zero attached hydrogens (tertiary/aromatic N) is 3. The number of aromatic nitrogens is 3. The van der Waals surface area contributed by atoms with Crippen molar-refractivity contribution in [1.29, 1.82) is 0 Å². The van der Waals surface area contributed by atoms with Crippen molar-refractivity contribution in [2.24, 2.45) is 0 Å². The van der Waals surface area contributed by atoms with Crippen LogP contribution in [0.4, 0.5) is 0 Å². The number of benzene rings is 8. The molecule has 0 radical (unpaired) electrons. The summed E-state index contributed by atoms with van der Waals surface area (Å²) in [6.07, 6.45) is 0. The van der Waals surface area contributed by atoms with Gasteiger partial charge in [0, 0.05) is 69.7 Å². The van der Waals surface area contributed by atoms with E-state index >= 15 is 0 Å². The van der Waals surface area contributed by atoms with Gasteiger partial charge in [0.25, 0.3) is 0 Å². The fourth-order valence-electron chi connectivity index (χ4n) is 8.62. The second kappa shape index (κ2) is 12.6. The van der Waals surface area contributed by atoms with Crippen molar-refractivity contribution in [3.63, 3.8) is 0 Å². The van der Waals surface area contributed by atoms with Crippen molar-refractivity contribution in [1.82, 2.24) is 14.5 Å². The Morgan fingerprint density at radius 3 is 1.96 bits per heavy atom. The van der Waals surface area contributed by atoms with Crippen molar-refractivity contribution >= 4 is 75.3 Å². The smallest absolute Gasteiger partial charge is 0.160 e. The maximum absolute atomic E-state index is 6.26. The first kappa shape index (κ1) is 32.0. The van der Waals surface area contributed by atoms with Gasteiger partial charge in [-0.15, -0.1) is 11.3 Å². The molecule has 0 aliphatic rings. The third-order valence-electron chi connectivity index (χ3n) is 11.2. The molecule has 0 saturated carbocycles. The molecule has 5 heteroatoms. The number of hydrogen-bond acceptors (Lipinski definition) is 4. The largest absolute Gasteiger partial charge is 0.456 e. The molecule has 12 rings (SSSR count). The van der Waals surface area contributed by atoms with Crippen LogP contribution in [0.2, 0.25) is 0 Å². The molecule has 0 N–H and O–H groups in total. The highest BCUT2D eigenvalue weighted by molar-refractivity contribution is 7.26. The van der Waals surface area contributed by atoms with E-state index in [-0.39, 0.29) is 0 Å². The van der Waals surface area contributed by atoms with Crippen LogP contribution >= 0.6 is 11.3 Å². The van der Waals surface area contributed by atoms with E-state index in [1.165, 1.54) is 31.1 Å². The number of furan rings is 1. The predicted octanol–water partition coefficient (Wildman–Crippen LogP) is 14.5. The van der Waals surface area contributed by atoms with Gasteiger partial charge in [-0.1, -0.05) is 133 Å². The Morgan fingerprint density at radius 2 is 1.11 bits per heavy atom.